The van der Waals surface area contributed by atoms with Crippen molar-refractivity contribution < 1.29 is 23.9 Å². The summed E-state index contributed by atoms with van der Waals surface area (Å²) >= 11 is 0. The van der Waals surface area contributed by atoms with Gasteiger partial charge in [-0.25, -0.2) is 14.6 Å². The van der Waals surface area contributed by atoms with Gasteiger partial charge in [-0.05, 0) is 98.5 Å². The van der Waals surface area contributed by atoms with Crippen molar-refractivity contribution in [1.82, 2.24) is 34.9 Å². The molecule has 14 heteroatoms. The van der Waals surface area contributed by atoms with Crippen LogP contribution >= 0.6 is 0 Å². The highest BCUT2D eigenvalue weighted by atomic mass is 16.5. The summed E-state index contributed by atoms with van der Waals surface area (Å²) < 4.78 is 8.07. The topological polar surface area (TPSA) is 169 Å². The van der Waals surface area contributed by atoms with Crippen molar-refractivity contribution in [2.45, 2.75) is 56.7 Å². The molecule has 5 aromatic rings. The molecule has 10 rings (SSSR count). The molecule has 0 bridgehead atoms. The molecule has 2 aromatic heterocycles. The lowest BCUT2D eigenvalue weighted by Gasteiger charge is -2.54. The lowest BCUT2D eigenvalue weighted by Crippen LogP contribution is -2.62. The Labute approximate surface area is 322 Å². The quantitative estimate of drug-likeness (QED) is 0.209. The first-order chi connectivity index (χ1) is 27.3. The fraction of sp³-hybridized carbons (Fsp3) is 0.357. The minimum atomic E-state index is -0.962. The Balaban J connectivity index is 0.739. The molecule has 5 aliphatic rings. The minimum Gasteiger partial charge on any atom is -0.457 e. The molecule has 1 aliphatic carbocycles. The molecule has 284 valence electrons. The number of carbonyl (C=O) groups is 4. The third-order valence-corrected chi connectivity index (χ3v) is 12.5. The van der Waals surface area contributed by atoms with Gasteiger partial charge in [0.25, 0.3) is 11.8 Å². The molecule has 4 fully saturated rings. The van der Waals surface area contributed by atoms with Crippen LogP contribution < -0.4 is 20.7 Å². The normalized spacial score (nSPS) is 23.2. The molecule has 3 saturated heterocycles. The number of para-hydroxylation sites is 1. The van der Waals surface area contributed by atoms with E-state index in [1.165, 1.54) is 6.33 Å². The van der Waals surface area contributed by atoms with Gasteiger partial charge >= 0.3 is 0 Å². The van der Waals surface area contributed by atoms with Crippen molar-refractivity contribution in [2.24, 2.45) is 11.8 Å². The van der Waals surface area contributed by atoms with Crippen molar-refractivity contribution in [3.05, 3.63) is 90.3 Å². The predicted molar refractivity (Wildman–Crippen MR) is 207 cm³/mol. The molecule has 3 N–H and O–H groups in total. The second-order valence-corrected chi connectivity index (χ2v) is 15.7. The zero-order valence-electron chi connectivity index (χ0n) is 30.7. The highest BCUT2D eigenvalue weighted by Gasteiger charge is 2.46. The van der Waals surface area contributed by atoms with E-state index in [-0.39, 0.29) is 24.8 Å². The first-order valence-corrected chi connectivity index (χ1v) is 19.5. The number of piperidine rings is 1. The summed E-state index contributed by atoms with van der Waals surface area (Å²) in [6, 6.07) is 22.8. The Morgan fingerprint density at radius 1 is 0.732 bits per heavy atom. The largest absolute Gasteiger partial charge is 0.457 e. The number of carbonyl (C=O) groups excluding carboxylic acids is 4. The van der Waals surface area contributed by atoms with Crippen molar-refractivity contribution in [3.63, 3.8) is 0 Å². The maximum Gasteiger partial charge on any atom is 0.262 e. The third-order valence-electron chi connectivity index (χ3n) is 12.5. The van der Waals surface area contributed by atoms with E-state index in [1.54, 1.807) is 12.1 Å². The molecule has 14 nitrogen and oxygen atoms in total. The number of benzene rings is 3. The Morgan fingerprint density at radius 3 is 2.18 bits per heavy atom. The number of nitrogens with two attached hydrogens (primary N) is 1. The smallest absolute Gasteiger partial charge is 0.262 e. The van der Waals surface area contributed by atoms with E-state index in [4.69, 9.17) is 15.6 Å². The lowest BCUT2D eigenvalue weighted by atomic mass is 9.78. The average Bonchev–Trinajstić information content (AvgIpc) is 3.68. The van der Waals surface area contributed by atoms with Crippen LogP contribution in [0.15, 0.2) is 79.1 Å². The first-order valence-electron chi connectivity index (χ1n) is 19.5. The molecule has 56 heavy (non-hydrogen) atoms. The lowest BCUT2D eigenvalue weighted by molar-refractivity contribution is -0.136. The summed E-state index contributed by atoms with van der Waals surface area (Å²) in [6.07, 6.45) is 5.96. The van der Waals surface area contributed by atoms with Crippen LogP contribution in [-0.4, -0.2) is 91.4 Å². The molecule has 0 radical (unpaired) electrons. The highest BCUT2D eigenvalue weighted by molar-refractivity contribution is 6.23. The van der Waals surface area contributed by atoms with Gasteiger partial charge in [-0.2, -0.15) is 5.10 Å². The Kier molecular flexibility index (Phi) is 8.31. The van der Waals surface area contributed by atoms with Crippen LogP contribution in [0.4, 0.5) is 11.5 Å². The summed E-state index contributed by atoms with van der Waals surface area (Å²) in [5, 5.41) is 8.14. The molecule has 1 atom stereocenters. The van der Waals surface area contributed by atoms with Crippen LogP contribution in [-0.2, 0) is 9.59 Å². The molecule has 1 saturated carbocycles. The zero-order valence-corrected chi connectivity index (χ0v) is 30.7. The van der Waals surface area contributed by atoms with Crippen LogP contribution in [0, 0.1) is 11.8 Å². The standard InChI is InChI=1S/C42H41N9O5/c43-38-36-37(24-6-13-31(14-7-24)56-30-4-2-1-3-5-30)47-51(39(36)45-23-44-38)28-10-8-27(9-11-28)48-19-25(20-48)26-21-49(22-26)29-12-15-32-33(18-29)42(55)50(41(32)54)34-16-17-35(52)46-40(34)53/h1-7,12-15,18,23,25-28,34H,8-11,16-17,19-22H2,(H2,43,44,45)(H,46,52,53). The number of nitrogens with zero attached hydrogens (tertiary/aromatic N) is 7. The van der Waals surface area contributed by atoms with E-state index in [1.807, 2.05) is 60.7 Å². The van der Waals surface area contributed by atoms with Gasteiger partial charge in [0, 0.05) is 49.9 Å². The molecule has 4 aliphatic heterocycles. The van der Waals surface area contributed by atoms with Crippen molar-refractivity contribution in [1.29, 1.82) is 0 Å². The fourth-order valence-corrected chi connectivity index (χ4v) is 9.25. The minimum absolute atomic E-state index is 0.1000. The predicted octanol–water partition coefficient (Wildman–Crippen LogP) is 4.82. The van der Waals surface area contributed by atoms with E-state index >= 15 is 0 Å². The number of likely N-dealkylation sites (tertiary alicyclic amines) is 1. The van der Waals surface area contributed by atoms with Crippen LogP contribution in [0.1, 0.15) is 65.3 Å². The van der Waals surface area contributed by atoms with Gasteiger partial charge in [0.1, 0.15) is 35.4 Å². The highest BCUT2D eigenvalue weighted by Crippen LogP contribution is 2.42. The number of hydrogen-bond acceptors (Lipinski definition) is 11. The Hall–Kier alpha value is -6.15. The van der Waals surface area contributed by atoms with Crippen LogP contribution in [0.3, 0.4) is 0 Å². The second-order valence-electron chi connectivity index (χ2n) is 15.7. The van der Waals surface area contributed by atoms with Gasteiger partial charge < -0.3 is 15.4 Å². The van der Waals surface area contributed by atoms with Gasteiger partial charge in [-0.1, -0.05) is 18.2 Å². The molecular weight excluding hydrogens is 711 g/mol. The Bertz CT molecular complexity index is 2380. The summed E-state index contributed by atoms with van der Waals surface area (Å²) in [7, 11) is 0. The van der Waals surface area contributed by atoms with Gasteiger partial charge in [0.2, 0.25) is 11.8 Å². The number of nitrogen functional groups attached to an aromatic ring is 1. The van der Waals surface area contributed by atoms with E-state index in [2.05, 4.69) is 29.8 Å². The van der Waals surface area contributed by atoms with E-state index in [9.17, 15) is 19.2 Å². The number of nitrogens with one attached hydrogen (secondary N) is 1. The summed E-state index contributed by atoms with van der Waals surface area (Å²) in [4.78, 5) is 65.4. The van der Waals surface area contributed by atoms with E-state index in [0.717, 1.165) is 96.2 Å². The van der Waals surface area contributed by atoms with Crippen molar-refractivity contribution >= 4 is 46.2 Å². The SMILES string of the molecule is Nc1ncnc2c1c(-c1ccc(Oc3ccccc3)cc1)nn2C1CCC(N2CC(C3CN(c4ccc5c(c4)C(=O)N(C4CCC(=O)NC4=O)C5=O)C3)C2)CC1. The average molecular weight is 752 g/mol. The number of aromatic nitrogens is 4. The molecule has 4 amide bonds. The van der Waals surface area contributed by atoms with Crippen LogP contribution in [0.2, 0.25) is 0 Å². The number of hydrogen-bond donors (Lipinski definition) is 2. The first kappa shape index (κ1) is 34.3. The maximum absolute atomic E-state index is 13.3. The number of imide groups is 2. The van der Waals surface area contributed by atoms with Crippen molar-refractivity contribution in [3.8, 4) is 22.8 Å². The molecule has 6 heterocycles. The van der Waals surface area contributed by atoms with E-state index < -0.39 is 23.8 Å². The number of fused-ring (bicyclic) bond motifs is 2. The molecule has 1 unspecified atom stereocenters. The van der Waals surface area contributed by atoms with Gasteiger partial charge in [0.05, 0.1) is 22.6 Å². The second kappa shape index (κ2) is 13.6. The molecule has 0 spiro atoms. The number of anilines is 2. The molecule has 3 aromatic carbocycles. The van der Waals surface area contributed by atoms with Crippen molar-refractivity contribution in [2.75, 3.05) is 36.8 Å². The van der Waals surface area contributed by atoms with Gasteiger partial charge in [0.15, 0.2) is 5.65 Å². The van der Waals surface area contributed by atoms with Gasteiger partial charge in [-0.3, -0.25) is 34.3 Å². The number of amides is 4. The van der Waals surface area contributed by atoms with Crippen LogP contribution in [0.5, 0.6) is 11.5 Å². The Morgan fingerprint density at radius 2 is 1.43 bits per heavy atom. The van der Waals surface area contributed by atoms with Gasteiger partial charge in [-0.15, -0.1) is 0 Å². The zero-order chi connectivity index (χ0) is 38.1. The number of ether oxygens (including phenoxy) is 1. The maximum atomic E-state index is 13.3. The summed E-state index contributed by atoms with van der Waals surface area (Å²) in [5.74, 6) is 1.22. The summed E-state index contributed by atoms with van der Waals surface area (Å²) in [5.41, 5.74) is 10.5. The number of rotatable bonds is 8. The monoisotopic (exact) mass is 751 g/mol. The van der Waals surface area contributed by atoms with Crippen LogP contribution in [0.25, 0.3) is 22.3 Å². The summed E-state index contributed by atoms with van der Waals surface area (Å²) in [6.45, 7) is 4.00. The van der Waals surface area contributed by atoms with E-state index in [0.29, 0.717) is 34.8 Å². The third kappa shape index (κ3) is 5.86. The molecular formula is C42H41N9O5. The fourth-order valence-electron chi connectivity index (χ4n) is 9.25.